The topological polar surface area (TPSA) is 80.3 Å². The average molecular weight is 1090 g/mol. The van der Waals surface area contributed by atoms with E-state index in [2.05, 4.69) is 0 Å². The van der Waals surface area contributed by atoms with E-state index < -0.39 is 74.1 Å². The zero-order valence-corrected chi connectivity index (χ0v) is 44.0. The summed E-state index contributed by atoms with van der Waals surface area (Å²) in [5, 5.41) is 2.42. The molecule has 0 saturated heterocycles. The molecule has 0 aliphatic rings. The number of ether oxygens (including phenoxy) is 2. The van der Waals surface area contributed by atoms with Crippen molar-refractivity contribution in [3.05, 3.63) is 271 Å². The second-order valence-electron chi connectivity index (χ2n) is 18.4. The molecule has 9 aromatic carbocycles. The Morgan fingerprint density at radius 3 is 0.910 bits per heavy atom. The SMILES string of the molecule is COc1cccc(C(=O)CP(OB(Oc2cc(C(F)(F)F)cc(C(F)(F)F)c2)OP(CC(=O)c2cccc(OC)c2)(c2ccccc2)(c2ccccc2)c2ccccc2)(c2ccccc2)(c2ccccc2)c2ccccc2)c1. The van der Waals surface area contributed by atoms with Crippen LogP contribution in [0.2, 0.25) is 0 Å². The third-order valence-corrected chi connectivity index (χ3v) is 25.3. The molecule has 0 aromatic heterocycles. The van der Waals surface area contributed by atoms with Crippen molar-refractivity contribution in [2.75, 3.05) is 26.5 Å². The molecule has 7 nitrogen and oxygen atoms in total. The molecule has 0 N–H and O–H groups in total. The van der Waals surface area contributed by atoms with Gasteiger partial charge in [-0.2, -0.15) is 0 Å². The van der Waals surface area contributed by atoms with E-state index in [4.69, 9.17) is 23.0 Å². The maximum absolute atomic E-state index is 15.8. The number of Topliss-reactive ketones (excluding diaryl/α,β-unsaturated/α-hetero) is 2. The number of hydrogen-bond donors (Lipinski definition) is 0. The number of methoxy groups -OCH3 is 2. The molecule has 0 heterocycles. The number of halogens is 6. The van der Waals surface area contributed by atoms with Crippen molar-refractivity contribution in [1.82, 2.24) is 0 Å². The van der Waals surface area contributed by atoms with Crippen molar-refractivity contribution in [2.24, 2.45) is 0 Å². The summed E-state index contributed by atoms with van der Waals surface area (Å²) >= 11 is 0. The summed E-state index contributed by atoms with van der Waals surface area (Å²) in [5.74, 6) is -1.19. The van der Waals surface area contributed by atoms with E-state index in [0.29, 0.717) is 55.5 Å². The first-order valence-corrected chi connectivity index (χ1v) is 29.2. The van der Waals surface area contributed by atoms with Crippen LogP contribution in [-0.2, 0) is 21.2 Å². The van der Waals surface area contributed by atoms with Crippen LogP contribution >= 0.6 is 13.7 Å². The van der Waals surface area contributed by atoms with E-state index >= 15 is 35.9 Å². The Bertz CT molecular complexity index is 3100. The number of alkyl halides is 6. The molecule has 0 fully saturated rings. The zero-order chi connectivity index (χ0) is 55.1. The van der Waals surface area contributed by atoms with Crippen molar-refractivity contribution in [3.63, 3.8) is 0 Å². The van der Waals surface area contributed by atoms with E-state index in [9.17, 15) is 0 Å². The van der Waals surface area contributed by atoms with Gasteiger partial charge in [-0.25, -0.2) is 0 Å². The molecular weight excluding hydrogens is 1040 g/mol. The van der Waals surface area contributed by atoms with E-state index in [1.165, 1.54) is 14.2 Å². The Kier molecular flexibility index (Phi) is 15.7. The van der Waals surface area contributed by atoms with Crippen molar-refractivity contribution in [1.29, 1.82) is 0 Å². The van der Waals surface area contributed by atoms with Gasteiger partial charge in [-0.1, -0.05) is 0 Å². The molecule has 16 heteroatoms. The second-order valence-corrected chi connectivity index (χ2v) is 27.4. The van der Waals surface area contributed by atoms with Gasteiger partial charge in [0.05, 0.1) is 0 Å². The Hall–Kier alpha value is -7.86. The van der Waals surface area contributed by atoms with Gasteiger partial charge in [-0.15, -0.1) is 0 Å². The third kappa shape index (κ3) is 10.4. The van der Waals surface area contributed by atoms with Crippen molar-refractivity contribution in [3.8, 4) is 17.2 Å². The van der Waals surface area contributed by atoms with Gasteiger partial charge in [0, 0.05) is 0 Å². The summed E-state index contributed by atoms with van der Waals surface area (Å²) in [7, 11) is 0.500. The summed E-state index contributed by atoms with van der Waals surface area (Å²) in [6.07, 6.45) is -11.6. The number of carbonyl (C=O) groups excluding carboxylic acids is 2. The molecule has 0 aliphatic heterocycles. The molecule has 0 aliphatic carbocycles. The number of carbonyl (C=O) groups is 2. The van der Waals surface area contributed by atoms with Crippen molar-refractivity contribution < 1.29 is 58.9 Å². The van der Waals surface area contributed by atoms with Crippen LogP contribution in [0.15, 0.2) is 249 Å². The van der Waals surface area contributed by atoms with E-state index in [-0.39, 0.29) is 17.2 Å². The fourth-order valence-electron chi connectivity index (χ4n) is 10.2. The molecule has 0 amide bonds. The molecule has 396 valence electrons. The van der Waals surface area contributed by atoms with Gasteiger partial charge < -0.3 is 0 Å². The normalized spacial score (nSPS) is 13.0. The molecule has 78 heavy (non-hydrogen) atoms. The first-order valence-electron chi connectivity index (χ1n) is 24.6. The summed E-state index contributed by atoms with van der Waals surface area (Å²) in [4.78, 5) is 31.6. The van der Waals surface area contributed by atoms with Crippen LogP contribution in [0.3, 0.4) is 0 Å². The number of hydrogen-bond acceptors (Lipinski definition) is 7. The van der Waals surface area contributed by atoms with Crippen LogP contribution in [0.4, 0.5) is 26.3 Å². The van der Waals surface area contributed by atoms with Gasteiger partial charge in [0.1, 0.15) is 0 Å². The standard InChI is InChI=1S/C62H51BF6O7P2/c1-72-50-25-21-23-46(39-50)59(70)44-77(53-27-9-3-10-28-53,54-29-11-4-12-30-54,55-31-13-5-14-32-55)75-63(74-52-42-48(61(64,65)66)41-49(43-52)62(67,68)69)76-78(56-33-15-6-16-34-56,57-35-17-7-18-36-57,58-37-19-8-20-38-58)45-60(71)47-24-22-26-51(40-47)73-2/h3-43H,44-45H2,1-2H3. The maximum atomic E-state index is 15.8. The van der Waals surface area contributed by atoms with E-state index in [0.717, 1.165) is 0 Å². The summed E-state index contributed by atoms with van der Waals surface area (Å²) in [6, 6.07) is 66.5. The molecule has 0 radical (unpaired) electrons. The summed E-state index contributed by atoms with van der Waals surface area (Å²) in [6.45, 7) is -10.7. The predicted molar refractivity (Wildman–Crippen MR) is 300 cm³/mol. The fraction of sp³-hybridized carbons (Fsp3) is 0.0968. The minimum absolute atomic E-state index is 0.000971. The van der Waals surface area contributed by atoms with Crippen LogP contribution in [0.1, 0.15) is 31.8 Å². The third-order valence-electron chi connectivity index (χ3n) is 13.9. The first-order chi connectivity index (χ1) is 37.5. The van der Waals surface area contributed by atoms with Gasteiger partial charge >= 0.3 is 450 Å². The monoisotopic (exact) mass is 1090 g/mol. The Labute approximate surface area is 448 Å². The van der Waals surface area contributed by atoms with Crippen LogP contribution < -0.4 is 46.0 Å². The number of rotatable bonds is 20. The Balaban J connectivity index is 1.47. The van der Waals surface area contributed by atoms with Gasteiger partial charge in [-0.05, 0) is 0 Å². The second kappa shape index (κ2) is 22.2. The van der Waals surface area contributed by atoms with Crippen molar-refractivity contribution in [2.45, 2.75) is 12.4 Å². The summed E-state index contributed by atoms with van der Waals surface area (Å²) < 4.78 is 124. The van der Waals surface area contributed by atoms with E-state index in [1.54, 1.807) is 231 Å². The zero-order valence-electron chi connectivity index (χ0n) is 42.2. The van der Waals surface area contributed by atoms with Gasteiger partial charge in [-0.3, -0.25) is 0 Å². The van der Waals surface area contributed by atoms with Gasteiger partial charge in [0.15, 0.2) is 0 Å². The molecule has 0 saturated carbocycles. The first kappa shape index (κ1) is 54.9. The predicted octanol–water partition coefficient (Wildman–Crippen LogP) is 12.8. The Morgan fingerprint density at radius 2 is 0.654 bits per heavy atom. The van der Waals surface area contributed by atoms with Crippen LogP contribution in [-0.4, -0.2) is 45.4 Å². The van der Waals surface area contributed by atoms with Gasteiger partial charge in [0.2, 0.25) is 0 Å². The number of benzene rings is 9. The minimum atomic E-state index is -5.35. The molecule has 0 unspecified atom stereocenters. The molecule has 0 spiro atoms. The van der Waals surface area contributed by atoms with Crippen molar-refractivity contribution >= 4 is 64.4 Å². The average Bonchev–Trinajstić information content (AvgIpc) is 2.99. The molecule has 0 bridgehead atoms. The summed E-state index contributed by atoms with van der Waals surface area (Å²) in [5.41, 5.74) is -2.96. The van der Waals surface area contributed by atoms with E-state index in [1.807, 2.05) is 0 Å². The molecule has 9 rings (SSSR count). The van der Waals surface area contributed by atoms with Crippen LogP contribution in [0.5, 0.6) is 17.2 Å². The van der Waals surface area contributed by atoms with Crippen LogP contribution in [0.25, 0.3) is 0 Å². The fourth-order valence-corrected chi connectivity index (χ4v) is 21.3. The quantitative estimate of drug-likeness (QED) is 0.0325. The number of ketones is 2. The van der Waals surface area contributed by atoms with Gasteiger partial charge in [0.25, 0.3) is 0 Å². The Morgan fingerprint density at radius 1 is 0.372 bits per heavy atom. The molecular formula is C62H51BF6O7P2. The van der Waals surface area contributed by atoms with Crippen LogP contribution in [0, 0.1) is 0 Å². The molecule has 9 aromatic rings. The molecule has 0 atom stereocenters.